The van der Waals surface area contributed by atoms with Crippen LogP contribution in [0.15, 0.2) is 36.5 Å². The molecule has 4 amide bonds. The molecule has 0 spiro atoms. The van der Waals surface area contributed by atoms with Crippen molar-refractivity contribution in [2.75, 3.05) is 23.8 Å². The Hall–Kier alpha value is -4.03. The van der Waals surface area contributed by atoms with Crippen LogP contribution < -0.4 is 20.9 Å². The van der Waals surface area contributed by atoms with E-state index in [2.05, 4.69) is 25.9 Å². The second-order valence-electron chi connectivity index (χ2n) is 7.97. The number of aliphatic hydroxyl groups excluding tert-OH is 1. The quantitative estimate of drug-likeness (QED) is 0.432. The highest BCUT2D eigenvalue weighted by molar-refractivity contribution is 6.31. The number of imidazole rings is 1. The van der Waals surface area contributed by atoms with Crippen molar-refractivity contribution >= 4 is 41.0 Å². The molecule has 2 aliphatic rings. The van der Waals surface area contributed by atoms with E-state index in [0.717, 1.165) is 0 Å². The van der Waals surface area contributed by atoms with E-state index >= 15 is 0 Å². The Balaban J connectivity index is 1.60. The third-order valence-corrected chi connectivity index (χ3v) is 6.18. The van der Waals surface area contributed by atoms with E-state index in [1.165, 1.54) is 40.9 Å². The number of amides is 4. The maximum atomic E-state index is 14.1. The standard InChI is InChI=1S/C22H19ClFN7O4/c1-25-21(34)20-28-19(29-22(35)30-8-14(32)17-13(30)3-2-6-26-17)18-16(27-15(33)9-31(18)20)11-7-10(24)4-5-12(11)23/h2-7,14,16,32H,8-9H2,1H3,(H,25,34)(H,27,33)(H,29,35)/t14-,16+/m1/s1. The normalized spacial score (nSPS) is 18.5. The maximum Gasteiger partial charge on any atom is 0.327 e. The number of nitrogens with one attached hydrogen (secondary N) is 3. The molecular formula is C22H19ClFN7O4. The van der Waals surface area contributed by atoms with Gasteiger partial charge in [-0.1, -0.05) is 11.6 Å². The number of benzene rings is 1. The van der Waals surface area contributed by atoms with E-state index in [9.17, 15) is 23.9 Å². The topological polar surface area (TPSA) is 141 Å². The number of urea groups is 1. The summed E-state index contributed by atoms with van der Waals surface area (Å²) >= 11 is 6.32. The van der Waals surface area contributed by atoms with Crippen LogP contribution in [-0.4, -0.2) is 51.1 Å². The molecule has 0 unspecified atom stereocenters. The van der Waals surface area contributed by atoms with E-state index in [4.69, 9.17) is 11.6 Å². The van der Waals surface area contributed by atoms with Gasteiger partial charge in [-0.3, -0.25) is 24.8 Å². The highest BCUT2D eigenvalue weighted by atomic mass is 35.5. The van der Waals surface area contributed by atoms with Gasteiger partial charge in [0.25, 0.3) is 5.91 Å². The summed E-state index contributed by atoms with van der Waals surface area (Å²) in [5.74, 6) is -1.76. The van der Waals surface area contributed by atoms with Gasteiger partial charge in [0, 0.05) is 23.8 Å². The molecule has 0 fully saturated rings. The molecule has 0 aliphatic carbocycles. The number of carbonyl (C=O) groups excluding carboxylic acids is 3. The summed E-state index contributed by atoms with van der Waals surface area (Å²) < 4.78 is 15.4. The number of carbonyl (C=O) groups is 3. The number of pyridine rings is 1. The predicted molar refractivity (Wildman–Crippen MR) is 123 cm³/mol. The van der Waals surface area contributed by atoms with Crippen LogP contribution in [0.25, 0.3) is 0 Å². The lowest BCUT2D eigenvalue weighted by Crippen LogP contribution is -2.41. The van der Waals surface area contributed by atoms with Crippen LogP contribution in [-0.2, 0) is 11.3 Å². The van der Waals surface area contributed by atoms with Gasteiger partial charge in [-0.2, -0.15) is 0 Å². The molecule has 13 heteroatoms. The molecule has 11 nitrogen and oxygen atoms in total. The lowest BCUT2D eigenvalue weighted by molar-refractivity contribution is -0.123. The van der Waals surface area contributed by atoms with Crippen molar-refractivity contribution in [3.05, 3.63) is 70.1 Å². The zero-order valence-corrected chi connectivity index (χ0v) is 19.0. The van der Waals surface area contributed by atoms with Crippen LogP contribution in [0.3, 0.4) is 0 Å². The Morgan fingerprint density at radius 2 is 2.11 bits per heavy atom. The Morgan fingerprint density at radius 1 is 1.31 bits per heavy atom. The van der Waals surface area contributed by atoms with Crippen molar-refractivity contribution in [1.29, 1.82) is 0 Å². The Kier molecular flexibility index (Phi) is 5.61. The second-order valence-corrected chi connectivity index (χ2v) is 8.37. The van der Waals surface area contributed by atoms with Gasteiger partial charge in [-0.25, -0.2) is 14.2 Å². The summed E-state index contributed by atoms with van der Waals surface area (Å²) in [6.07, 6.45) is 0.549. The van der Waals surface area contributed by atoms with E-state index < -0.39 is 35.8 Å². The van der Waals surface area contributed by atoms with Gasteiger partial charge >= 0.3 is 6.03 Å². The molecule has 4 N–H and O–H groups in total. The summed E-state index contributed by atoms with van der Waals surface area (Å²) in [5, 5.41) is 18.3. The van der Waals surface area contributed by atoms with E-state index in [1.807, 2.05) is 0 Å². The van der Waals surface area contributed by atoms with E-state index in [0.29, 0.717) is 11.4 Å². The van der Waals surface area contributed by atoms with Crippen molar-refractivity contribution in [3.63, 3.8) is 0 Å². The van der Waals surface area contributed by atoms with Crippen LogP contribution in [0.4, 0.5) is 20.7 Å². The first kappa shape index (κ1) is 22.7. The molecule has 2 atom stereocenters. The molecule has 1 aromatic carbocycles. The molecule has 35 heavy (non-hydrogen) atoms. The lowest BCUT2D eigenvalue weighted by Gasteiger charge is -2.28. The van der Waals surface area contributed by atoms with Crippen LogP contribution in [0.2, 0.25) is 5.02 Å². The minimum Gasteiger partial charge on any atom is -0.385 e. The van der Waals surface area contributed by atoms with Gasteiger partial charge in [-0.05, 0) is 30.3 Å². The third kappa shape index (κ3) is 3.86. The summed E-state index contributed by atoms with van der Waals surface area (Å²) in [4.78, 5) is 48.0. The highest BCUT2D eigenvalue weighted by Gasteiger charge is 2.38. The van der Waals surface area contributed by atoms with Crippen molar-refractivity contribution < 1.29 is 23.9 Å². The molecule has 5 rings (SSSR count). The molecule has 3 aromatic rings. The number of halogens is 2. The number of fused-ring (bicyclic) bond motifs is 2. The average Bonchev–Trinajstić information content (AvgIpc) is 3.37. The van der Waals surface area contributed by atoms with Gasteiger partial charge in [0.15, 0.2) is 5.82 Å². The number of hydrogen-bond acceptors (Lipinski definition) is 6. The number of nitrogens with zero attached hydrogens (tertiary/aromatic N) is 4. The minimum atomic E-state index is -1.00. The summed E-state index contributed by atoms with van der Waals surface area (Å²) in [6.45, 7) is -0.286. The molecule has 180 valence electrons. The lowest BCUT2D eigenvalue weighted by atomic mass is 10.0. The predicted octanol–water partition coefficient (Wildman–Crippen LogP) is 1.73. The number of rotatable bonds is 3. The molecule has 0 saturated heterocycles. The molecule has 2 aliphatic heterocycles. The van der Waals surface area contributed by atoms with Crippen LogP contribution in [0, 0.1) is 5.82 Å². The van der Waals surface area contributed by atoms with E-state index in [1.54, 1.807) is 12.1 Å². The molecular weight excluding hydrogens is 481 g/mol. The average molecular weight is 500 g/mol. The van der Waals surface area contributed by atoms with Crippen molar-refractivity contribution in [3.8, 4) is 0 Å². The molecule has 0 radical (unpaired) electrons. The third-order valence-electron chi connectivity index (χ3n) is 5.84. The number of β-amino-alcohol motifs (C(OH)–C–C–N with tert-alkyl or cyclic N) is 1. The van der Waals surface area contributed by atoms with E-state index in [-0.39, 0.29) is 41.0 Å². The van der Waals surface area contributed by atoms with Gasteiger partial charge in [-0.15, -0.1) is 0 Å². The zero-order chi connectivity index (χ0) is 24.9. The number of aliphatic hydroxyl groups is 1. The fourth-order valence-corrected chi connectivity index (χ4v) is 4.51. The van der Waals surface area contributed by atoms with Gasteiger partial charge in [0.2, 0.25) is 11.7 Å². The second kappa shape index (κ2) is 8.64. The fraction of sp³-hybridized carbons (Fsp3) is 0.227. The SMILES string of the molecule is CNC(=O)c1nc(NC(=O)N2C[C@@H](O)c3ncccc32)c2n1CC(=O)N[C@H]2c1cc(F)ccc1Cl. The van der Waals surface area contributed by atoms with Crippen LogP contribution in [0.1, 0.15) is 39.7 Å². The first-order valence-electron chi connectivity index (χ1n) is 10.6. The van der Waals surface area contributed by atoms with Gasteiger partial charge < -0.3 is 20.3 Å². The fourth-order valence-electron chi connectivity index (χ4n) is 4.29. The molecule has 0 saturated carbocycles. The van der Waals surface area contributed by atoms with Crippen LogP contribution >= 0.6 is 11.6 Å². The molecule has 2 aromatic heterocycles. The summed E-state index contributed by atoms with van der Waals surface area (Å²) in [5.41, 5.74) is 1.26. The maximum absolute atomic E-state index is 14.1. The highest BCUT2D eigenvalue weighted by Crippen LogP contribution is 2.37. The van der Waals surface area contributed by atoms with Crippen molar-refractivity contribution in [2.24, 2.45) is 0 Å². The Labute approximate surface area is 202 Å². The van der Waals surface area contributed by atoms with Crippen molar-refractivity contribution in [2.45, 2.75) is 18.7 Å². The molecule has 4 heterocycles. The zero-order valence-electron chi connectivity index (χ0n) is 18.2. The number of aromatic nitrogens is 3. The number of hydrogen-bond donors (Lipinski definition) is 4. The minimum absolute atomic E-state index is 0.0224. The Morgan fingerprint density at radius 3 is 2.89 bits per heavy atom. The monoisotopic (exact) mass is 499 g/mol. The Bertz CT molecular complexity index is 1380. The first-order chi connectivity index (χ1) is 16.8. The van der Waals surface area contributed by atoms with Gasteiger partial charge in [0.05, 0.1) is 29.7 Å². The smallest absolute Gasteiger partial charge is 0.327 e. The van der Waals surface area contributed by atoms with Crippen molar-refractivity contribution in [1.82, 2.24) is 25.2 Å². The van der Waals surface area contributed by atoms with Crippen LogP contribution in [0.5, 0.6) is 0 Å². The summed E-state index contributed by atoms with van der Waals surface area (Å²) in [7, 11) is 1.40. The molecule has 0 bridgehead atoms. The van der Waals surface area contributed by atoms with Gasteiger partial charge in [0.1, 0.15) is 18.5 Å². The first-order valence-corrected chi connectivity index (χ1v) is 10.9. The largest absolute Gasteiger partial charge is 0.385 e. The summed E-state index contributed by atoms with van der Waals surface area (Å²) in [6, 6.07) is 5.33. The number of anilines is 2.